The number of piperidine rings is 1. The number of likely N-dealkylation sites (N-methyl/N-ethyl adjacent to an activating group) is 1. The molecule has 1 aromatic rings. The minimum absolute atomic E-state index is 0.0324. The van der Waals surface area contributed by atoms with Crippen LogP contribution in [0.15, 0.2) is 11.4 Å². The van der Waals surface area contributed by atoms with E-state index in [1.54, 1.807) is 11.9 Å². The van der Waals surface area contributed by atoms with Crippen molar-refractivity contribution in [3.63, 3.8) is 0 Å². The van der Waals surface area contributed by atoms with Gasteiger partial charge in [-0.1, -0.05) is 46.5 Å². The summed E-state index contributed by atoms with van der Waals surface area (Å²) in [5.74, 6) is -0.646. The van der Waals surface area contributed by atoms with E-state index in [1.165, 1.54) is 11.3 Å². The van der Waals surface area contributed by atoms with Crippen molar-refractivity contribution in [3.05, 3.63) is 21.9 Å². The number of amides is 4. The summed E-state index contributed by atoms with van der Waals surface area (Å²) in [6.45, 7) is 8.76. The summed E-state index contributed by atoms with van der Waals surface area (Å²) >= 11 is 1.46. The number of hydrogen-bond donors (Lipinski definition) is 2. The molecule has 0 radical (unpaired) electrons. The molecular weight excluding hydrogens is 504 g/mol. The van der Waals surface area contributed by atoms with Gasteiger partial charge in [0, 0.05) is 26.2 Å². The van der Waals surface area contributed by atoms with Crippen LogP contribution in [-0.2, 0) is 14.4 Å². The fourth-order valence-electron chi connectivity index (χ4n) is 5.67. The number of nitrogens with one attached hydrogen (secondary N) is 1. The van der Waals surface area contributed by atoms with Crippen molar-refractivity contribution < 1.29 is 24.4 Å². The van der Waals surface area contributed by atoms with Crippen LogP contribution in [0.1, 0.15) is 81.0 Å². The second-order valence-corrected chi connectivity index (χ2v) is 12.9. The second kappa shape index (κ2) is 13.1. The van der Waals surface area contributed by atoms with E-state index in [-0.39, 0.29) is 30.3 Å². The normalized spacial score (nSPS) is 18.6. The molecule has 2 aliphatic rings. The molecule has 0 bridgehead atoms. The molecule has 212 valence electrons. The number of carbonyl (C=O) groups excluding carboxylic acids is 4. The van der Waals surface area contributed by atoms with Gasteiger partial charge in [-0.15, -0.1) is 11.3 Å². The van der Waals surface area contributed by atoms with Gasteiger partial charge in [-0.2, -0.15) is 0 Å². The Balaban J connectivity index is 1.65. The van der Waals surface area contributed by atoms with Gasteiger partial charge in [0.2, 0.25) is 18.2 Å². The summed E-state index contributed by atoms with van der Waals surface area (Å²) in [6, 6.07) is 1.16. The third-order valence-electron chi connectivity index (χ3n) is 8.10. The Morgan fingerprint density at radius 2 is 1.82 bits per heavy atom. The molecule has 38 heavy (non-hydrogen) atoms. The van der Waals surface area contributed by atoms with E-state index >= 15 is 0 Å². The third kappa shape index (κ3) is 7.56. The first-order chi connectivity index (χ1) is 17.9. The SMILES string of the molecule is Cc1ccsc1C(=O)N1CCC(N(C)C(=O)[C@@H](NC(=O)[C@H](CC2CCCC2)CN(O)C=O)C(C)(C)C)CC1. The molecule has 0 unspecified atom stereocenters. The Kier molecular flexibility index (Phi) is 10.3. The Morgan fingerprint density at radius 3 is 2.34 bits per heavy atom. The standard InChI is InChI=1S/C28H44N4O5S/c1-19-12-15-38-23(19)26(35)31-13-10-22(11-14-31)30(5)27(36)24(28(2,3)4)29-25(34)21(17-32(37)18-33)16-20-8-6-7-9-20/h12,15,18,20-22,24,37H,6-11,13-14,16-17H2,1-5H3,(H,29,34)/t21-,24-/m1/s1. The van der Waals surface area contributed by atoms with Crippen LogP contribution < -0.4 is 5.32 Å². The zero-order chi connectivity index (χ0) is 28.0. The number of hydrogen-bond acceptors (Lipinski definition) is 6. The van der Waals surface area contributed by atoms with Gasteiger partial charge in [-0.3, -0.25) is 24.4 Å². The first kappa shape index (κ1) is 30.1. The van der Waals surface area contributed by atoms with Crippen molar-refractivity contribution >= 4 is 35.5 Å². The molecule has 4 amide bonds. The highest BCUT2D eigenvalue weighted by Gasteiger charge is 2.39. The number of likely N-dealkylation sites (tertiary alicyclic amines) is 1. The lowest BCUT2D eigenvalue weighted by Gasteiger charge is -2.40. The van der Waals surface area contributed by atoms with Crippen LogP contribution in [0.5, 0.6) is 0 Å². The molecule has 2 fully saturated rings. The average Bonchev–Trinajstić information content (AvgIpc) is 3.56. The molecule has 0 aromatic carbocycles. The Bertz CT molecular complexity index is 976. The van der Waals surface area contributed by atoms with Gasteiger partial charge in [0.1, 0.15) is 6.04 Å². The van der Waals surface area contributed by atoms with Crippen molar-refractivity contribution in [2.45, 2.75) is 84.7 Å². The van der Waals surface area contributed by atoms with Crippen LogP contribution in [-0.4, -0.2) is 83.0 Å². The van der Waals surface area contributed by atoms with Gasteiger partial charge in [-0.25, -0.2) is 5.06 Å². The van der Waals surface area contributed by atoms with Crippen LogP contribution in [0.3, 0.4) is 0 Å². The van der Waals surface area contributed by atoms with Crippen LogP contribution in [0.25, 0.3) is 0 Å². The van der Waals surface area contributed by atoms with Crippen LogP contribution >= 0.6 is 11.3 Å². The monoisotopic (exact) mass is 548 g/mol. The molecule has 1 aliphatic heterocycles. The Morgan fingerprint density at radius 1 is 1.18 bits per heavy atom. The maximum atomic E-state index is 13.7. The average molecular weight is 549 g/mol. The highest BCUT2D eigenvalue weighted by atomic mass is 32.1. The summed E-state index contributed by atoms with van der Waals surface area (Å²) < 4.78 is 0. The number of aryl methyl sites for hydroxylation is 1. The van der Waals surface area contributed by atoms with Crippen LogP contribution in [0.2, 0.25) is 0 Å². The summed E-state index contributed by atoms with van der Waals surface area (Å²) in [4.78, 5) is 55.5. The second-order valence-electron chi connectivity index (χ2n) is 12.0. The molecule has 3 rings (SSSR count). The summed E-state index contributed by atoms with van der Waals surface area (Å²) in [5.41, 5.74) is 0.442. The molecular formula is C28H44N4O5S. The van der Waals surface area contributed by atoms with E-state index in [0.29, 0.717) is 49.7 Å². The fraction of sp³-hybridized carbons (Fsp3) is 0.714. The van der Waals surface area contributed by atoms with E-state index in [0.717, 1.165) is 36.1 Å². The predicted octanol–water partition coefficient (Wildman–Crippen LogP) is 3.69. The van der Waals surface area contributed by atoms with Crippen LogP contribution in [0, 0.1) is 24.2 Å². The van der Waals surface area contributed by atoms with Gasteiger partial charge in [-0.05, 0) is 54.5 Å². The molecule has 0 spiro atoms. The largest absolute Gasteiger partial charge is 0.344 e. The van der Waals surface area contributed by atoms with Gasteiger partial charge in [0.05, 0.1) is 17.3 Å². The first-order valence-corrected chi connectivity index (χ1v) is 14.6. The summed E-state index contributed by atoms with van der Waals surface area (Å²) in [7, 11) is 1.77. The van der Waals surface area contributed by atoms with Crippen LogP contribution in [0.4, 0.5) is 0 Å². The maximum absolute atomic E-state index is 13.7. The summed E-state index contributed by atoms with van der Waals surface area (Å²) in [5, 5.41) is 15.3. The number of carbonyl (C=O) groups is 4. The highest BCUT2D eigenvalue weighted by Crippen LogP contribution is 2.31. The van der Waals surface area contributed by atoms with Crippen molar-refractivity contribution in [3.8, 4) is 0 Å². The molecule has 9 nitrogen and oxygen atoms in total. The lowest BCUT2D eigenvalue weighted by Crippen LogP contribution is -2.58. The number of nitrogens with zero attached hydrogens (tertiary/aromatic N) is 3. The van der Waals surface area contributed by atoms with E-state index in [4.69, 9.17) is 0 Å². The Labute approximate surface area is 230 Å². The maximum Gasteiger partial charge on any atom is 0.264 e. The quantitative estimate of drug-likeness (QED) is 0.263. The van der Waals surface area contributed by atoms with E-state index < -0.39 is 17.4 Å². The smallest absolute Gasteiger partial charge is 0.264 e. The van der Waals surface area contributed by atoms with Crippen molar-refractivity contribution in [2.24, 2.45) is 17.3 Å². The molecule has 1 saturated carbocycles. The van der Waals surface area contributed by atoms with E-state index in [2.05, 4.69) is 5.32 Å². The fourth-order valence-corrected chi connectivity index (χ4v) is 6.56. The predicted molar refractivity (Wildman–Crippen MR) is 147 cm³/mol. The topological polar surface area (TPSA) is 110 Å². The Hall–Kier alpha value is -2.46. The van der Waals surface area contributed by atoms with Gasteiger partial charge in [0.15, 0.2) is 0 Å². The first-order valence-electron chi connectivity index (χ1n) is 13.7. The molecule has 1 saturated heterocycles. The van der Waals surface area contributed by atoms with Crippen molar-refractivity contribution in [2.75, 3.05) is 26.7 Å². The van der Waals surface area contributed by atoms with Crippen molar-refractivity contribution in [1.29, 1.82) is 0 Å². The number of hydroxylamine groups is 2. The third-order valence-corrected chi connectivity index (χ3v) is 9.10. The zero-order valence-corrected chi connectivity index (χ0v) is 24.3. The van der Waals surface area contributed by atoms with Gasteiger partial charge in [0.25, 0.3) is 5.91 Å². The van der Waals surface area contributed by atoms with E-state index in [9.17, 15) is 24.4 Å². The number of thiophene rings is 1. The van der Waals surface area contributed by atoms with Gasteiger partial charge < -0.3 is 15.1 Å². The van der Waals surface area contributed by atoms with Crippen molar-refractivity contribution in [1.82, 2.24) is 20.2 Å². The lowest BCUT2D eigenvalue weighted by molar-refractivity contribution is -0.156. The zero-order valence-electron chi connectivity index (χ0n) is 23.4. The van der Waals surface area contributed by atoms with E-state index in [1.807, 2.05) is 44.0 Å². The summed E-state index contributed by atoms with van der Waals surface area (Å²) in [6.07, 6.45) is 6.56. The molecule has 1 aromatic heterocycles. The number of rotatable bonds is 10. The van der Waals surface area contributed by atoms with Gasteiger partial charge >= 0.3 is 0 Å². The highest BCUT2D eigenvalue weighted by molar-refractivity contribution is 7.12. The lowest BCUT2D eigenvalue weighted by atomic mass is 9.84. The molecule has 1 aliphatic carbocycles. The molecule has 2 atom stereocenters. The minimum Gasteiger partial charge on any atom is -0.344 e. The minimum atomic E-state index is -0.761. The molecule has 2 heterocycles. The molecule has 10 heteroatoms. The molecule has 2 N–H and O–H groups in total.